The summed E-state index contributed by atoms with van der Waals surface area (Å²) in [5, 5.41) is 0. The third kappa shape index (κ3) is 3.19. The maximum absolute atomic E-state index is 5.66. The van der Waals surface area contributed by atoms with Crippen LogP contribution in [0.5, 0.6) is 6.01 Å². The van der Waals surface area contributed by atoms with Crippen molar-refractivity contribution in [2.24, 2.45) is 10.8 Å². The molecule has 1 saturated carbocycles. The first-order chi connectivity index (χ1) is 7.49. The molecule has 1 aliphatic carbocycles. The lowest BCUT2D eigenvalue weighted by molar-refractivity contribution is 0.168. The second-order valence-corrected chi connectivity index (χ2v) is 6.06. The summed E-state index contributed by atoms with van der Waals surface area (Å²) in [7, 11) is 0. The van der Waals surface area contributed by atoms with Gasteiger partial charge in [0.1, 0.15) is 0 Å². The van der Waals surface area contributed by atoms with Gasteiger partial charge >= 0.3 is 6.01 Å². The highest BCUT2D eigenvalue weighted by molar-refractivity contribution is 4.99. The highest BCUT2D eigenvalue weighted by Crippen LogP contribution is 2.53. The zero-order valence-corrected chi connectivity index (χ0v) is 10.4. The fraction of sp³-hybridized carbons (Fsp3) is 0.692. The van der Waals surface area contributed by atoms with Crippen LogP contribution in [0.3, 0.4) is 0 Å². The predicted molar refractivity (Wildman–Crippen MR) is 63.3 cm³/mol. The van der Waals surface area contributed by atoms with Crippen LogP contribution >= 0.6 is 0 Å². The Bertz CT molecular complexity index is 339. The smallest absolute Gasteiger partial charge is 0.316 e. The molecule has 0 spiro atoms. The Morgan fingerprint density at radius 1 is 1.25 bits per heavy atom. The maximum atomic E-state index is 5.66. The fourth-order valence-corrected chi connectivity index (χ4v) is 2.25. The van der Waals surface area contributed by atoms with E-state index in [-0.39, 0.29) is 0 Å². The van der Waals surface area contributed by atoms with E-state index in [1.807, 2.05) is 0 Å². The molecule has 0 N–H and O–H groups in total. The molecular weight excluding hydrogens is 200 g/mol. The van der Waals surface area contributed by atoms with Crippen LogP contribution in [0.2, 0.25) is 0 Å². The van der Waals surface area contributed by atoms with Crippen molar-refractivity contribution in [1.82, 2.24) is 9.97 Å². The van der Waals surface area contributed by atoms with Crippen molar-refractivity contribution in [3.63, 3.8) is 0 Å². The minimum absolute atomic E-state index is 0.372. The molecule has 0 radical (unpaired) electrons. The van der Waals surface area contributed by atoms with E-state index < -0.39 is 0 Å². The summed E-state index contributed by atoms with van der Waals surface area (Å²) >= 11 is 0. The summed E-state index contributed by atoms with van der Waals surface area (Å²) in [4.78, 5) is 8.15. The maximum Gasteiger partial charge on any atom is 0.316 e. The number of nitrogens with zero attached hydrogens (tertiary/aromatic N) is 2. The molecular formula is C13H20N2O. The van der Waals surface area contributed by atoms with E-state index in [0.717, 1.165) is 6.61 Å². The van der Waals surface area contributed by atoms with Gasteiger partial charge in [0.2, 0.25) is 0 Å². The molecule has 3 heteroatoms. The third-order valence-corrected chi connectivity index (χ3v) is 2.91. The van der Waals surface area contributed by atoms with Crippen LogP contribution in [0.1, 0.15) is 40.0 Å². The largest absolute Gasteiger partial charge is 0.463 e. The van der Waals surface area contributed by atoms with Gasteiger partial charge in [-0.05, 0) is 30.7 Å². The number of hydrogen-bond donors (Lipinski definition) is 0. The molecule has 3 nitrogen and oxygen atoms in total. The standard InChI is InChI=1S/C13H20N2O/c1-12(2,3)9-13(5-6-13)10-16-11-14-7-4-8-15-11/h4,7-8H,5-6,9-10H2,1-3H3. The lowest BCUT2D eigenvalue weighted by atomic mass is 9.83. The fourth-order valence-electron chi connectivity index (χ4n) is 2.25. The van der Waals surface area contributed by atoms with Crippen LogP contribution in [0.15, 0.2) is 18.5 Å². The van der Waals surface area contributed by atoms with E-state index in [1.54, 1.807) is 18.5 Å². The van der Waals surface area contributed by atoms with Crippen LogP contribution in [-0.4, -0.2) is 16.6 Å². The van der Waals surface area contributed by atoms with Gasteiger partial charge in [0.05, 0.1) is 6.61 Å². The van der Waals surface area contributed by atoms with Crippen LogP contribution in [0.25, 0.3) is 0 Å². The normalized spacial score (nSPS) is 18.2. The van der Waals surface area contributed by atoms with Gasteiger partial charge in [-0.1, -0.05) is 20.8 Å². The molecule has 88 valence electrons. The number of rotatable bonds is 4. The first-order valence-corrected chi connectivity index (χ1v) is 5.89. The molecule has 1 fully saturated rings. The number of hydrogen-bond acceptors (Lipinski definition) is 3. The van der Waals surface area contributed by atoms with Crippen molar-refractivity contribution < 1.29 is 4.74 Å². The Hall–Kier alpha value is -1.12. The second kappa shape index (κ2) is 4.04. The van der Waals surface area contributed by atoms with Crippen molar-refractivity contribution in [2.45, 2.75) is 40.0 Å². The van der Waals surface area contributed by atoms with Crippen LogP contribution in [0.4, 0.5) is 0 Å². The van der Waals surface area contributed by atoms with E-state index in [0.29, 0.717) is 16.8 Å². The zero-order valence-electron chi connectivity index (χ0n) is 10.4. The van der Waals surface area contributed by atoms with Crippen molar-refractivity contribution >= 4 is 0 Å². The van der Waals surface area contributed by atoms with E-state index in [2.05, 4.69) is 30.7 Å². The Morgan fingerprint density at radius 3 is 2.38 bits per heavy atom. The van der Waals surface area contributed by atoms with Crippen LogP contribution in [-0.2, 0) is 0 Å². The lowest BCUT2D eigenvalue weighted by Gasteiger charge is -2.25. The van der Waals surface area contributed by atoms with Crippen LogP contribution in [0, 0.1) is 10.8 Å². The summed E-state index contributed by atoms with van der Waals surface area (Å²) < 4.78 is 5.66. The molecule has 0 unspecified atom stereocenters. The molecule has 0 bridgehead atoms. The lowest BCUT2D eigenvalue weighted by Crippen LogP contribution is -2.21. The van der Waals surface area contributed by atoms with Gasteiger partial charge in [-0.15, -0.1) is 0 Å². The Morgan fingerprint density at radius 2 is 1.88 bits per heavy atom. The summed E-state index contributed by atoms with van der Waals surface area (Å²) in [6, 6.07) is 2.30. The molecule has 1 aromatic heterocycles. The second-order valence-electron chi connectivity index (χ2n) is 6.06. The SMILES string of the molecule is CC(C)(C)CC1(COc2ncccn2)CC1. The molecule has 0 saturated heterocycles. The quantitative estimate of drug-likeness (QED) is 0.782. The predicted octanol–water partition coefficient (Wildman–Crippen LogP) is 3.07. The third-order valence-electron chi connectivity index (χ3n) is 2.91. The van der Waals surface area contributed by atoms with Crippen molar-refractivity contribution in [1.29, 1.82) is 0 Å². The summed E-state index contributed by atoms with van der Waals surface area (Å²) in [5.41, 5.74) is 0.759. The minimum atomic E-state index is 0.372. The van der Waals surface area contributed by atoms with Gasteiger partial charge in [-0.2, -0.15) is 0 Å². The molecule has 1 aliphatic rings. The van der Waals surface area contributed by atoms with Gasteiger partial charge in [0.25, 0.3) is 0 Å². The first-order valence-electron chi connectivity index (χ1n) is 5.89. The average molecular weight is 220 g/mol. The van der Waals surface area contributed by atoms with Crippen LogP contribution < -0.4 is 4.74 Å². The van der Waals surface area contributed by atoms with E-state index in [4.69, 9.17) is 4.74 Å². The highest BCUT2D eigenvalue weighted by Gasteiger charge is 2.46. The Kier molecular flexibility index (Phi) is 2.87. The van der Waals surface area contributed by atoms with Gasteiger partial charge in [-0.25, -0.2) is 9.97 Å². The van der Waals surface area contributed by atoms with Crippen molar-refractivity contribution in [2.75, 3.05) is 6.61 Å². The molecule has 2 rings (SSSR count). The average Bonchev–Trinajstić information content (AvgIpc) is 2.95. The van der Waals surface area contributed by atoms with E-state index in [1.165, 1.54) is 19.3 Å². The summed E-state index contributed by atoms with van der Waals surface area (Å²) in [5.74, 6) is 0. The molecule has 16 heavy (non-hydrogen) atoms. The Balaban J connectivity index is 1.86. The molecule has 0 atom stereocenters. The zero-order chi connectivity index (χ0) is 11.6. The van der Waals surface area contributed by atoms with Crippen molar-refractivity contribution in [3.8, 4) is 6.01 Å². The molecule has 1 heterocycles. The summed E-state index contributed by atoms with van der Waals surface area (Å²) in [6.07, 6.45) is 7.19. The Labute approximate surface area is 97.3 Å². The minimum Gasteiger partial charge on any atom is -0.463 e. The molecule has 0 amide bonds. The van der Waals surface area contributed by atoms with Gasteiger partial charge in [0, 0.05) is 17.8 Å². The molecule has 0 aromatic carbocycles. The monoisotopic (exact) mass is 220 g/mol. The van der Waals surface area contributed by atoms with Gasteiger partial charge < -0.3 is 4.74 Å². The molecule has 0 aliphatic heterocycles. The first kappa shape index (κ1) is 11.4. The van der Waals surface area contributed by atoms with Crippen molar-refractivity contribution in [3.05, 3.63) is 18.5 Å². The topological polar surface area (TPSA) is 35.0 Å². The van der Waals surface area contributed by atoms with Gasteiger partial charge in [0.15, 0.2) is 0 Å². The van der Waals surface area contributed by atoms with E-state index >= 15 is 0 Å². The molecule has 1 aromatic rings. The van der Waals surface area contributed by atoms with E-state index in [9.17, 15) is 0 Å². The highest BCUT2D eigenvalue weighted by atomic mass is 16.5. The number of aromatic nitrogens is 2. The van der Waals surface area contributed by atoms with Gasteiger partial charge in [-0.3, -0.25) is 0 Å². The number of ether oxygens (including phenoxy) is 1. The summed E-state index contributed by atoms with van der Waals surface area (Å²) in [6.45, 7) is 7.61.